The van der Waals surface area contributed by atoms with Gasteiger partial charge in [0.1, 0.15) is 17.9 Å². The van der Waals surface area contributed by atoms with Gasteiger partial charge in [-0.1, -0.05) is 6.58 Å². The fourth-order valence-electron chi connectivity index (χ4n) is 2.61. The van der Waals surface area contributed by atoms with Gasteiger partial charge in [0.25, 0.3) is 0 Å². The van der Waals surface area contributed by atoms with Crippen molar-refractivity contribution in [1.29, 1.82) is 0 Å². The molecule has 1 aliphatic heterocycles. The Labute approximate surface area is 162 Å². The number of nitrogens with two attached hydrogens (primary N) is 2. The molecule has 28 heavy (non-hydrogen) atoms. The van der Waals surface area contributed by atoms with E-state index in [1.54, 1.807) is 6.21 Å². The largest absolute Gasteiger partial charge is 0.382 e. The van der Waals surface area contributed by atoms with Crippen molar-refractivity contribution < 1.29 is 8.78 Å². The van der Waals surface area contributed by atoms with Crippen LogP contribution in [0.15, 0.2) is 35.0 Å². The molecule has 0 radical (unpaired) electrons. The van der Waals surface area contributed by atoms with Crippen LogP contribution in [-0.2, 0) is 0 Å². The van der Waals surface area contributed by atoms with Crippen molar-refractivity contribution in [3.05, 3.63) is 36.3 Å². The third-order valence-corrected chi connectivity index (χ3v) is 4.23. The lowest BCUT2D eigenvalue weighted by atomic mass is 10.1. The first-order valence-corrected chi connectivity index (χ1v) is 8.71. The van der Waals surface area contributed by atoms with Gasteiger partial charge in [-0.15, -0.1) is 0 Å². The molecule has 1 aliphatic rings. The van der Waals surface area contributed by atoms with Gasteiger partial charge >= 0.3 is 0 Å². The number of aliphatic imine (C=N–C) groups is 1. The van der Waals surface area contributed by atoms with Gasteiger partial charge in [0.05, 0.1) is 24.7 Å². The van der Waals surface area contributed by atoms with E-state index < -0.39 is 12.4 Å². The monoisotopic (exact) mass is 393 g/mol. The van der Waals surface area contributed by atoms with Crippen LogP contribution in [0, 0.1) is 0 Å². The normalized spacial score (nSPS) is 16.4. The zero-order valence-corrected chi connectivity index (χ0v) is 15.7. The average Bonchev–Trinajstić information content (AvgIpc) is 2.73. The number of amidine groups is 1. The van der Waals surface area contributed by atoms with Crippen molar-refractivity contribution in [2.75, 3.05) is 32.4 Å². The summed E-state index contributed by atoms with van der Waals surface area (Å²) >= 11 is 0. The van der Waals surface area contributed by atoms with Crippen LogP contribution in [0.3, 0.4) is 0 Å². The van der Waals surface area contributed by atoms with Crippen LogP contribution in [0.4, 0.5) is 14.6 Å². The van der Waals surface area contributed by atoms with Crippen molar-refractivity contribution >= 4 is 23.4 Å². The smallest absolute Gasteiger partial charge is 0.165 e. The Balaban J connectivity index is 2.16. The molecule has 11 heteroatoms. The predicted octanol–water partition coefficient (Wildman–Crippen LogP) is 0.732. The molecular weight excluding hydrogens is 368 g/mol. The van der Waals surface area contributed by atoms with Gasteiger partial charge in [-0.2, -0.15) is 5.10 Å². The minimum Gasteiger partial charge on any atom is -0.382 e. The molecule has 1 saturated heterocycles. The maximum Gasteiger partial charge on any atom is 0.165 e. The Bertz CT molecular complexity index is 770. The Morgan fingerprint density at radius 1 is 1.50 bits per heavy atom. The molecule has 0 amide bonds. The highest BCUT2D eigenvalue weighted by Crippen LogP contribution is 2.14. The van der Waals surface area contributed by atoms with Gasteiger partial charge in [-0.3, -0.25) is 10.0 Å². The number of anilines is 1. The van der Waals surface area contributed by atoms with Crippen LogP contribution in [0.25, 0.3) is 5.57 Å². The summed E-state index contributed by atoms with van der Waals surface area (Å²) in [6.07, 6.45) is 4.87. The van der Waals surface area contributed by atoms with Gasteiger partial charge in [0.2, 0.25) is 0 Å². The molecule has 6 N–H and O–H groups in total. The molecule has 0 aromatic carbocycles. The van der Waals surface area contributed by atoms with Gasteiger partial charge in [0.15, 0.2) is 11.7 Å². The second-order valence-corrected chi connectivity index (χ2v) is 6.18. The summed E-state index contributed by atoms with van der Waals surface area (Å²) in [7, 11) is 1.91. The van der Waals surface area contributed by atoms with E-state index in [1.807, 2.05) is 12.1 Å². The second kappa shape index (κ2) is 10.4. The van der Waals surface area contributed by atoms with Crippen molar-refractivity contribution in [2.24, 2.45) is 15.9 Å². The number of halogens is 2. The van der Waals surface area contributed by atoms with Crippen molar-refractivity contribution in [2.45, 2.75) is 18.9 Å². The molecule has 0 bridgehead atoms. The van der Waals surface area contributed by atoms with Crippen LogP contribution >= 0.6 is 0 Å². The van der Waals surface area contributed by atoms with Gasteiger partial charge in [-0.05, 0) is 25.9 Å². The molecule has 0 aliphatic carbocycles. The summed E-state index contributed by atoms with van der Waals surface area (Å²) in [5.41, 5.74) is 9.09. The molecule has 0 unspecified atom stereocenters. The quantitative estimate of drug-likeness (QED) is 0.233. The number of hydrazine groups is 1. The Hall–Kier alpha value is -2.92. The summed E-state index contributed by atoms with van der Waals surface area (Å²) in [5.74, 6) is 4.35. The first-order valence-electron chi connectivity index (χ1n) is 8.71. The third-order valence-electron chi connectivity index (χ3n) is 4.23. The molecule has 0 atom stereocenters. The highest BCUT2D eigenvalue weighted by molar-refractivity contribution is 6.08. The first kappa shape index (κ1) is 21.4. The van der Waals surface area contributed by atoms with Crippen molar-refractivity contribution in [3.63, 3.8) is 0 Å². The number of nitrogen functional groups attached to an aromatic ring is 1. The summed E-state index contributed by atoms with van der Waals surface area (Å²) < 4.78 is 25.1. The molecule has 9 nitrogen and oxygen atoms in total. The lowest BCUT2D eigenvalue weighted by molar-refractivity contribution is 0.208. The summed E-state index contributed by atoms with van der Waals surface area (Å²) in [4.78, 5) is 12.2. The van der Waals surface area contributed by atoms with E-state index in [2.05, 4.69) is 37.4 Å². The van der Waals surface area contributed by atoms with Crippen LogP contribution in [0.2, 0.25) is 0 Å². The minimum absolute atomic E-state index is 0.0274. The number of hydrogen-bond donors (Lipinski definition) is 4. The molecule has 2 rings (SSSR count). The summed E-state index contributed by atoms with van der Waals surface area (Å²) in [6, 6.07) is 0.358. The second-order valence-electron chi connectivity index (χ2n) is 6.18. The predicted molar refractivity (Wildman–Crippen MR) is 107 cm³/mol. The summed E-state index contributed by atoms with van der Waals surface area (Å²) in [5, 5.41) is 9.63. The van der Waals surface area contributed by atoms with E-state index in [-0.39, 0.29) is 23.7 Å². The van der Waals surface area contributed by atoms with Crippen LogP contribution in [0.1, 0.15) is 24.2 Å². The number of hydrazone groups is 1. The zero-order chi connectivity index (χ0) is 20.5. The van der Waals surface area contributed by atoms with E-state index >= 15 is 0 Å². The van der Waals surface area contributed by atoms with Gasteiger partial charge in [0, 0.05) is 18.7 Å². The van der Waals surface area contributed by atoms with E-state index in [4.69, 9.17) is 11.6 Å². The fourth-order valence-corrected chi connectivity index (χ4v) is 2.61. The molecule has 152 valence electrons. The molecule has 0 saturated carbocycles. The lowest BCUT2D eigenvalue weighted by Crippen LogP contribution is -2.38. The van der Waals surface area contributed by atoms with E-state index in [1.165, 1.54) is 6.20 Å². The minimum atomic E-state index is -1.06. The van der Waals surface area contributed by atoms with Crippen LogP contribution < -0.4 is 22.3 Å². The number of allylic oxidation sites excluding steroid dienone is 1. The van der Waals surface area contributed by atoms with E-state index in [9.17, 15) is 8.78 Å². The lowest BCUT2D eigenvalue weighted by Gasteiger charge is -2.29. The maximum absolute atomic E-state index is 13.0. The van der Waals surface area contributed by atoms with Gasteiger partial charge < -0.3 is 16.5 Å². The van der Waals surface area contributed by atoms with Crippen LogP contribution in [0.5, 0.6) is 0 Å². The fraction of sp³-hybridized carbons (Fsp3) is 0.412. The van der Waals surface area contributed by atoms with Crippen molar-refractivity contribution in [3.8, 4) is 0 Å². The molecule has 2 heterocycles. The number of nitrogens with zero attached hydrogens (tertiary/aromatic N) is 5. The van der Waals surface area contributed by atoms with Gasteiger partial charge in [-0.25, -0.2) is 24.6 Å². The molecule has 1 fully saturated rings. The molecule has 1 aromatic heterocycles. The first-order chi connectivity index (χ1) is 13.5. The number of piperidine rings is 1. The topological polar surface area (TPSA) is 130 Å². The average molecular weight is 393 g/mol. The zero-order valence-electron chi connectivity index (χ0n) is 15.7. The van der Waals surface area contributed by atoms with E-state index in [0.29, 0.717) is 17.3 Å². The van der Waals surface area contributed by atoms with Crippen LogP contribution in [-0.4, -0.2) is 59.8 Å². The maximum atomic E-state index is 13.0. The summed E-state index contributed by atoms with van der Waals surface area (Å²) in [6.45, 7) is 5.32. The number of nitrogens with one attached hydrogen (secondary N) is 2. The van der Waals surface area contributed by atoms with E-state index in [0.717, 1.165) is 25.9 Å². The molecule has 1 aromatic rings. The standard InChI is InChI=1S/C17H25F2N9/c1-11(8-25-28(2)13-3-5-22-6-4-13)14-10-23-16(20)15(26-14)17(27-21)24-9-12(19)7-18/h7-8,10,13,22H,1,3-6,9,21H2,2H3,(H2,20,23)(H,24,27)/b12-7-,25-8-. The highest BCUT2D eigenvalue weighted by atomic mass is 19.2. The molecule has 0 spiro atoms. The molecular formula is C17H25F2N9. The third kappa shape index (κ3) is 5.79. The Kier molecular flexibility index (Phi) is 7.96. The number of hydrogen-bond acceptors (Lipinski definition) is 8. The highest BCUT2D eigenvalue weighted by Gasteiger charge is 2.16. The SMILES string of the molecule is C=C(/C=N\N(C)C1CCNCC1)c1cnc(N)c(C(=NC/C(F)=C/F)NN)n1. The number of aromatic nitrogens is 2. The Morgan fingerprint density at radius 3 is 2.86 bits per heavy atom. The van der Waals surface area contributed by atoms with Crippen molar-refractivity contribution in [1.82, 2.24) is 25.7 Å². The Morgan fingerprint density at radius 2 is 2.21 bits per heavy atom. The number of rotatable bonds is 7.